The lowest BCUT2D eigenvalue weighted by Gasteiger charge is -2.17. The first-order chi connectivity index (χ1) is 12.7. The van der Waals surface area contributed by atoms with Crippen LogP contribution in [0.5, 0.6) is 0 Å². The van der Waals surface area contributed by atoms with Crippen molar-refractivity contribution in [1.29, 1.82) is 0 Å². The first kappa shape index (κ1) is 15.4. The van der Waals surface area contributed by atoms with Crippen molar-refractivity contribution >= 4 is 17.4 Å². The van der Waals surface area contributed by atoms with Crippen LogP contribution in [0.3, 0.4) is 0 Å². The van der Waals surface area contributed by atoms with Gasteiger partial charge < -0.3 is 10.2 Å². The van der Waals surface area contributed by atoms with E-state index in [9.17, 15) is 4.79 Å². The molecule has 0 saturated carbocycles. The van der Waals surface area contributed by atoms with E-state index < -0.39 is 0 Å². The number of carbonyl (C=O) groups is 1. The largest absolute Gasteiger partial charge is 0.364 e. The van der Waals surface area contributed by atoms with Gasteiger partial charge in [0.25, 0.3) is 5.91 Å². The van der Waals surface area contributed by atoms with E-state index >= 15 is 0 Å². The number of anilines is 1. The van der Waals surface area contributed by atoms with Gasteiger partial charge in [-0.2, -0.15) is 5.10 Å². The van der Waals surface area contributed by atoms with Gasteiger partial charge in [-0.1, -0.05) is 0 Å². The second-order valence-electron chi connectivity index (χ2n) is 7.17. The van der Waals surface area contributed by atoms with Gasteiger partial charge in [-0.05, 0) is 44.7 Å². The van der Waals surface area contributed by atoms with Gasteiger partial charge in [0.2, 0.25) is 0 Å². The van der Waals surface area contributed by atoms with Crippen molar-refractivity contribution in [3.63, 3.8) is 0 Å². The first-order valence-corrected chi connectivity index (χ1v) is 9.12. The molecule has 5 rings (SSSR count). The molecule has 2 N–H and O–H groups in total. The molecule has 134 valence electrons. The number of fused-ring (bicyclic) bond motifs is 2. The normalized spacial score (nSPS) is 19.3. The molecule has 3 aromatic heterocycles. The highest BCUT2D eigenvalue weighted by Gasteiger charge is 2.31. The molecule has 1 saturated heterocycles. The number of aryl methyl sites for hydroxylation is 2. The Morgan fingerprint density at radius 1 is 1.35 bits per heavy atom. The monoisotopic (exact) mass is 351 g/mol. The Kier molecular flexibility index (Phi) is 3.44. The predicted molar refractivity (Wildman–Crippen MR) is 96.3 cm³/mol. The van der Waals surface area contributed by atoms with E-state index in [0.29, 0.717) is 12.2 Å². The molecule has 4 heterocycles. The minimum Gasteiger partial charge on any atom is -0.364 e. The van der Waals surface area contributed by atoms with Crippen LogP contribution in [0.2, 0.25) is 0 Å². The maximum atomic E-state index is 12.8. The Bertz CT molecular complexity index is 989. The van der Waals surface area contributed by atoms with Gasteiger partial charge in [-0.25, -0.2) is 9.50 Å². The van der Waals surface area contributed by atoms with Crippen LogP contribution >= 0.6 is 0 Å². The van der Waals surface area contributed by atoms with Crippen molar-refractivity contribution in [2.75, 3.05) is 18.4 Å². The zero-order valence-corrected chi connectivity index (χ0v) is 14.7. The predicted octanol–water partition coefficient (Wildman–Crippen LogP) is 1.58. The fourth-order valence-electron chi connectivity index (χ4n) is 4.00. The van der Waals surface area contributed by atoms with Gasteiger partial charge in [0, 0.05) is 30.4 Å². The van der Waals surface area contributed by atoms with Gasteiger partial charge in [0.15, 0.2) is 11.3 Å². The summed E-state index contributed by atoms with van der Waals surface area (Å²) < 4.78 is 1.78. The van der Waals surface area contributed by atoms with E-state index in [1.165, 1.54) is 0 Å². The number of aromatic amines is 1. The van der Waals surface area contributed by atoms with E-state index in [4.69, 9.17) is 0 Å². The standard InChI is InChI=1S/C18H21N7O/c1-11-9-25-16(19-11)6-5-15(23-25)20-12-7-8-24(10-12)18(26)17-13-3-2-4-14(13)21-22-17/h5-6,9,12H,2-4,7-8,10H2,1H3,(H,20,23)(H,21,22). The molecule has 0 aromatic carbocycles. The topological polar surface area (TPSA) is 91.2 Å². The summed E-state index contributed by atoms with van der Waals surface area (Å²) in [4.78, 5) is 19.1. The summed E-state index contributed by atoms with van der Waals surface area (Å²) in [5, 5.41) is 15.3. The third kappa shape index (κ3) is 2.53. The summed E-state index contributed by atoms with van der Waals surface area (Å²) in [5.41, 5.74) is 4.65. The number of rotatable bonds is 3. The highest BCUT2D eigenvalue weighted by atomic mass is 16.2. The molecule has 1 amide bonds. The van der Waals surface area contributed by atoms with Crippen molar-refractivity contribution in [1.82, 2.24) is 29.7 Å². The van der Waals surface area contributed by atoms with Crippen molar-refractivity contribution in [3.8, 4) is 0 Å². The average Bonchev–Trinajstić information content (AvgIpc) is 3.37. The number of amides is 1. The zero-order chi connectivity index (χ0) is 17.7. The van der Waals surface area contributed by atoms with Crippen LogP contribution in [0.1, 0.15) is 40.3 Å². The second kappa shape index (κ2) is 5.82. The molecule has 1 fully saturated rings. The van der Waals surface area contributed by atoms with Gasteiger partial charge in [0.1, 0.15) is 5.82 Å². The van der Waals surface area contributed by atoms with Crippen LogP contribution in [-0.4, -0.2) is 54.7 Å². The van der Waals surface area contributed by atoms with Crippen molar-refractivity contribution < 1.29 is 4.79 Å². The molecule has 8 heteroatoms. The lowest BCUT2D eigenvalue weighted by molar-refractivity contribution is 0.0784. The summed E-state index contributed by atoms with van der Waals surface area (Å²) in [5.74, 6) is 0.845. The number of nitrogens with zero attached hydrogens (tertiary/aromatic N) is 5. The number of hydrogen-bond acceptors (Lipinski definition) is 5. The highest BCUT2D eigenvalue weighted by Crippen LogP contribution is 2.25. The van der Waals surface area contributed by atoms with Gasteiger partial charge in [-0.15, -0.1) is 5.10 Å². The molecule has 2 aliphatic rings. The highest BCUT2D eigenvalue weighted by molar-refractivity contribution is 5.94. The average molecular weight is 351 g/mol. The van der Waals surface area contributed by atoms with Crippen LogP contribution in [0.25, 0.3) is 5.65 Å². The Labute approximate surface area is 150 Å². The maximum Gasteiger partial charge on any atom is 0.274 e. The number of aromatic nitrogens is 5. The number of likely N-dealkylation sites (tertiary alicyclic amines) is 1. The van der Waals surface area contributed by atoms with E-state index in [2.05, 4.69) is 25.6 Å². The zero-order valence-electron chi connectivity index (χ0n) is 14.7. The van der Waals surface area contributed by atoms with Crippen molar-refractivity contribution in [3.05, 3.63) is 41.0 Å². The maximum absolute atomic E-state index is 12.8. The van der Waals surface area contributed by atoms with Gasteiger partial charge in [-0.3, -0.25) is 9.89 Å². The Hall–Kier alpha value is -2.90. The minimum atomic E-state index is 0.0438. The van der Waals surface area contributed by atoms with Crippen LogP contribution in [0.15, 0.2) is 18.3 Å². The summed E-state index contributed by atoms with van der Waals surface area (Å²) in [7, 11) is 0. The lowest BCUT2D eigenvalue weighted by Crippen LogP contribution is -2.32. The summed E-state index contributed by atoms with van der Waals surface area (Å²) in [6, 6.07) is 4.08. The van der Waals surface area contributed by atoms with Crippen LogP contribution < -0.4 is 5.32 Å². The van der Waals surface area contributed by atoms with Crippen molar-refractivity contribution in [2.45, 2.75) is 38.6 Å². The Balaban J connectivity index is 1.28. The number of hydrogen-bond donors (Lipinski definition) is 2. The van der Waals surface area contributed by atoms with Gasteiger partial charge >= 0.3 is 0 Å². The third-order valence-electron chi connectivity index (χ3n) is 5.28. The molecule has 1 atom stereocenters. The van der Waals surface area contributed by atoms with E-state index in [-0.39, 0.29) is 11.9 Å². The van der Waals surface area contributed by atoms with E-state index in [0.717, 1.165) is 60.6 Å². The molecule has 3 aromatic rings. The molecule has 0 radical (unpaired) electrons. The minimum absolute atomic E-state index is 0.0438. The first-order valence-electron chi connectivity index (χ1n) is 9.12. The summed E-state index contributed by atoms with van der Waals surface area (Å²) in [6.07, 6.45) is 5.87. The number of H-pyrrole nitrogens is 1. The summed E-state index contributed by atoms with van der Waals surface area (Å²) >= 11 is 0. The molecule has 1 aliphatic carbocycles. The molecule has 26 heavy (non-hydrogen) atoms. The Morgan fingerprint density at radius 3 is 3.19 bits per heavy atom. The second-order valence-corrected chi connectivity index (χ2v) is 7.17. The third-order valence-corrected chi connectivity index (χ3v) is 5.28. The molecular weight excluding hydrogens is 330 g/mol. The van der Waals surface area contributed by atoms with E-state index in [1.54, 1.807) is 4.52 Å². The van der Waals surface area contributed by atoms with Crippen LogP contribution in [0, 0.1) is 6.92 Å². The molecular formula is C18H21N7O. The Morgan fingerprint density at radius 2 is 2.27 bits per heavy atom. The molecule has 0 bridgehead atoms. The quantitative estimate of drug-likeness (QED) is 0.747. The van der Waals surface area contributed by atoms with Gasteiger partial charge in [0.05, 0.1) is 11.9 Å². The smallest absolute Gasteiger partial charge is 0.274 e. The molecule has 1 aliphatic heterocycles. The van der Waals surface area contributed by atoms with E-state index in [1.807, 2.05) is 30.2 Å². The van der Waals surface area contributed by atoms with Crippen LogP contribution in [0.4, 0.5) is 5.82 Å². The number of imidazole rings is 1. The SMILES string of the molecule is Cc1cn2nc(NC3CCN(C(=O)c4n[nH]c5c4CCC5)C3)ccc2n1. The fourth-order valence-corrected chi connectivity index (χ4v) is 4.00. The number of nitrogens with one attached hydrogen (secondary N) is 2. The molecule has 1 unspecified atom stereocenters. The molecule has 8 nitrogen and oxygen atoms in total. The lowest BCUT2D eigenvalue weighted by atomic mass is 10.2. The molecule has 0 spiro atoms. The number of carbonyl (C=O) groups excluding carboxylic acids is 1. The van der Waals surface area contributed by atoms with Crippen molar-refractivity contribution in [2.24, 2.45) is 0 Å². The fraction of sp³-hybridized carbons (Fsp3) is 0.444. The van der Waals surface area contributed by atoms with Crippen LogP contribution in [-0.2, 0) is 12.8 Å². The summed E-state index contributed by atoms with van der Waals surface area (Å²) in [6.45, 7) is 3.36.